The maximum Gasteiger partial charge on any atom is 0.416 e. The summed E-state index contributed by atoms with van der Waals surface area (Å²) in [6.07, 6.45) is -4.36. The van der Waals surface area contributed by atoms with Crippen molar-refractivity contribution >= 4 is 11.8 Å². The van der Waals surface area contributed by atoms with Crippen LogP contribution >= 0.6 is 0 Å². The molecule has 1 aromatic carbocycles. The van der Waals surface area contributed by atoms with Gasteiger partial charge in [-0.15, -0.1) is 0 Å². The minimum absolute atomic E-state index is 0.0471. The highest BCUT2D eigenvalue weighted by molar-refractivity contribution is 5.90. The van der Waals surface area contributed by atoms with Gasteiger partial charge in [-0.3, -0.25) is 9.59 Å². The first-order valence-electron chi connectivity index (χ1n) is 14.1. The summed E-state index contributed by atoms with van der Waals surface area (Å²) >= 11 is 0. The zero-order chi connectivity index (χ0) is 30.8. The van der Waals surface area contributed by atoms with Crippen LogP contribution in [0, 0.1) is 12.8 Å². The predicted molar refractivity (Wildman–Crippen MR) is 143 cm³/mol. The number of rotatable bonds is 7. The summed E-state index contributed by atoms with van der Waals surface area (Å²) in [6.45, 7) is 3.57. The zero-order valence-corrected chi connectivity index (χ0v) is 23.7. The fourth-order valence-corrected chi connectivity index (χ4v) is 5.79. The van der Waals surface area contributed by atoms with Gasteiger partial charge in [0.2, 0.25) is 11.8 Å². The smallest absolute Gasteiger partial charge is 0.343 e. The van der Waals surface area contributed by atoms with Crippen LogP contribution in [0.2, 0.25) is 0 Å². The fraction of sp³-hybridized carbons (Fsp3) is 0.586. The number of nitrogens with one attached hydrogen (secondary N) is 2. The molecule has 1 saturated carbocycles. The first-order valence-corrected chi connectivity index (χ1v) is 14.1. The largest absolute Gasteiger partial charge is 0.416 e. The van der Waals surface area contributed by atoms with Gasteiger partial charge in [-0.05, 0) is 76.8 Å². The molecule has 7 nitrogen and oxygen atoms in total. The van der Waals surface area contributed by atoms with Crippen LogP contribution in [0.15, 0.2) is 24.3 Å². The van der Waals surface area contributed by atoms with Crippen molar-refractivity contribution in [1.82, 2.24) is 25.5 Å². The number of hydrogen-bond acceptors (Lipinski definition) is 5. The van der Waals surface area contributed by atoms with E-state index >= 15 is 0 Å². The van der Waals surface area contributed by atoms with Crippen LogP contribution in [0.25, 0.3) is 11.3 Å². The third kappa shape index (κ3) is 7.22. The fourth-order valence-electron chi connectivity index (χ4n) is 5.79. The van der Waals surface area contributed by atoms with Crippen LogP contribution in [0.5, 0.6) is 0 Å². The molecule has 42 heavy (non-hydrogen) atoms. The molecule has 1 aliphatic carbocycles. The van der Waals surface area contributed by atoms with E-state index in [1.165, 1.54) is 13.0 Å². The second kappa shape index (κ2) is 12.6. The number of aryl methyl sites for hydroxylation is 1. The minimum atomic E-state index is -5.00. The lowest BCUT2D eigenvalue weighted by Gasteiger charge is -2.35. The molecule has 0 radical (unpaired) electrons. The molecular formula is C29H35F6N5O2. The van der Waals surface area contributed by atoms with Crippen molar-refractivity contribution in [3.05, 3.63) is 46.9 Å². The molecule has 1 saturated heterocycles. The Morgan fingerprint density at radius 3 is 2.10 bits per heavy atom. The second-order valence-electron chi connectivity index (χ2n) is 11.1. The highest BCUT2D eigenvalue weighted by Gasteiger charge is 2.40. The maximum atomic E-state index is 14.0. The lowest BCUT2D eigenvalue weighted by molar-refractivity contribution is -0.143. The molecule has 2 fully saturated rings. The maximum absolute atomic E-state index is 14.0. The van der Waals surface area contributed by atoms with Crippen molar-refractivity contribution in [2.45, 2.75) is 89.3 Å². The van der Waals surface area contributed by atoms with Gasteiger partial charge in [-0.2, -0.15) is 26.3 Å². The van der Waals surface area contributed by atoms with Crippen molar-refractivity contribution in [2.75, 3.05) is 13.6 Å². The van der Waals surface area contributed by atoms with Crippen LogP contribution in [0.3, 0.4) is 0 Å². The van der Waals surface area contributed by atoms with Gasteiger partial charge < -0.3 is 15.5 Å². The van der Waals surface area contributed by atoms with Gasteiger partial charge in [0, 0.05) is 12.1 Å². The Balaban J connectivity index is 1.70. The Bertz CT molecular complexity index is 1260. The summed E-state index contributed by atoms with van der Waals surface area (Å²) in [5, 5.41) is 5.81. The van der Waals surface area contributed by atoms with E-state index in [1.54, 1.807) is 18.9 Å². The summed E-state index contributed by atoms with van der Waals surface area (Å²) in [4.78, 5) is 37.1. The van der Waals surface area contributed by atoms with Crippen molar-refractivity contribution in [3.8, 4) is 11.3 Å². The Labute approximate surface area is 240 Å². The standard InChI is InChI=1S/C29H35F6N5O2/c1-16(36-3)26(41)39-25(18-8-5-4-6-9-18)27(42)40-11-7-10-24(40)23-15-22(37-17(2)38-23)19-12-20(28(30,31)32)14-21(13-19)29(33,34)35/h12-16,18,24-25,36H,4-11H2,1-3H3,(H,39,41). The van der Waals surface area contributed by atoms with Crippen molar-refractivity contribution < 1.29 is 35.9 Å². The number of aromatic nitrogens is 2. The molecule has 230 valence electrons. The Hall–Kier alpha value is -3.22. The van der Waals surface area contributed by atoms with Gasteiger partial charge in [0.25, 0.3) is 0 Å². The molecule has 1 aromatic heterocycles. The summed E-state index contributed by atoms with van der Waals surface area (Å²) in [7, 11) is 1.65. The van der Waals surface area contributed by atoms with Crippen LogP contribution in [0.4, 0.5) is 26.3 Å². The SMILES string of the molecule is CNC(C)C(=O)NC(C(=O)N1CCCC1c1cc(-c2cc(C(F)(F)F)cc(C(F)(F)F)c2)nc(C)n1)C1CCCCC1. The molecule has 2 aliphatic rings. The number of halogens is 6. The van der Waals surface area contributed by atoms with Gasteiger partial charge >= 0.3 is 12.4 Å². The third-order valence-corrected chi connectivity index (χ3v) is 8.13. The average Bonchev–Trinajstić information content (AvgIpc) is 3.44. The zero-order valence-electron chi connectivity index (χ0n) is 23.7. The summed E-state index contributed by atoms with van der Waals surface area (Å²) in [6, 6.07) is 0.858. The van der Waals surface area contributed by atoms with E-state index in [9.17, 15) is 35.9 Å². The predicted octanol–water partition coefficient (Wildman–Crippen LogP) is 5.83. The van der Waals surface area contributed by atoms with Crippen molar-refractivity contribution in [2.24, 2.45) is 5.92 Å². The van der Waals surface area contributed by atoms with Crippen LogP contribution in [-0.2, 0) is 21.9 Å². The molecule has 2 N–H and O–H groups in total. The van der Waals surface area contributed by atoms with Gasteiger partial charge in [-0.25, -0.2) is 9.97 Å². The number of amides is 2. The Morgan fingerprint density at radius 2 is 1.52 bits per heavy atom. The monoisotopic (exact) mass is 599 g/mol. The van der Waals surface area contributed by atoms with Crippen LogP contribution < -0.4 is 10.6 Å². The molecular weight excluding hydrogens is 564 g/mol. The number of hydrogen-bond donors (Lipinski definition) is 2. The number of likely N-dealkylation sites (tertiary alicyclic amines) is 1. The topological polar surface area (TPSA) is 87.2 Å². The van der Waals surface area contributed by atoms with E-state index in [0.717, 1.165) is 32.1 Å². The van der Waals surface area contributed by atoms with E-state index < -0.39 is 41.6 Å². The van der Waals surface area contributed by atoms with E-state index in [1.807, 2.05) is 0 Å². The van der Waals surface area contributed by atoms with Gasteiger partial charge in [0.05, 0.1) is 34.6 Å². The molecule has 0 spiro atoms. The molecule has 2 heterocycles. The lowest BCUT2D eigenvalue weighted by atomic mass is 9.83. The van der Waals surface area contributed by atoms with Gasteiger partial charge in [0.15, 0.2) is 0 Å². The van der Waals surface area contributed by atoms with Crippen molar-refractivity contribution in [1.29, 1.82) is 0 Å². The summed E-state index contributed by atoms with van der Waals surface area (Å²) in [5.41, 5.74) is -3.01. The minimum Gasteiger partial charge on any atom is -0.343 e. The van der Waals surface area contributed by atoms with Crippen LogP contribution in [-0.4, -0.2) is 52.4 Å². The molecule has 3 unspecified atom stereocenters. The average molecular weight is 600 g/mol. The number of alkyl halides is 6. The molecule has 3 atom stereocenters. The Kier molecular flexibility index (Phi) is 9.49. The second-order valence-corrected chi connectivity index (χ2v) is 11.1. The van der Waals surface area contributed by atoms with Crippen molar-refractivity contribution in [3.63, 3.8) is 0 Å². The molecule has 2 amide bonds. The highest BCUT2D eigenvalue weighted by atomic mass is 19.4. The molecule has 2 aromatic rings. The normalized spacial score (nSPS) is 19.9. The summed E-state index contributed by atoms with van der Waals surface area (Å²) in [5.74, 6) is -0.471. The Morgan fingerprint density at radius 1 is 0.905 bits per heavy atom. The van der Waals surface area contributed by atoms with E-state index in [-0.39, 0.29) is 40.9 Å². The number of benzene rings is 1. The summed E-state index contributed by atoms with van der Waals surface area (Å²) < 4.78 is 81.1. The third-order valence-electron chi connectivity index (χ3n) is 8.13. The van der Waals surface area contributed by atoms with E-state index in [2.05, 4.69) is 20.6 Å². The number of likely N-dealkylation sites (N-methyl/N-ethyl adjacent to an activating group) is 1. The molecule has 13 heteroatoms. The van der Waals surface area contributed by atoms with Gasteiger partial charge in [-0.1, -0.05) is 19.3 Å². The highest BCUT2D eigenvalue weighted by Crippen LogP contribution is 2.40. The first-order chi connectivity index (χ1) is 19.7. The first kappa shape index (κ1) is 31.7. The van der Waals surface area contributed by atoms with Gasteiger partial charge in [0.1, 0.15) is 11.9 Å². The molecule has 1 aliphatic heterocycles. The quantitative estimate of drug-likeness (QED) is 0.392. The lowest BCUT2D eigenvalue weighted by Crippen LogP contribution is -2.55. The van der Waals surface area contributed by atoms with Crippen LogP contribution in [0.1, 0.15) is 80.6 Å². The molecule has 0 bridgehead atoms. The number of carbonyl (C=O) groups excluding carboxylic acids is 2. The van der Waals surface area contributed by atoms with E-state index in [4.69, 9.17) is 0 Å². The number of carbonyl (C=O) groups is 2. The number of nitrogens with zero attached hydrogens (tertiary/aromatic N) is 3. The van der Waals surface area contributed by atoms with E-state index in [0.29, 0.717) is 37.2 Å². The molecule has 4 rings (SSSR count).